The van der Waals surface area contributed by atoms with Crippen LogP contribution in [-0.4, -0.2) is 66.7 Å². The van der Waals surface area contributed by atoms with Crippen molar-refractivity contribution in [2.75, 3.05) is 33.7 Å². The number of likely N-dealkylation sites (N-methyl/N-ethyl adjacent to an activating group) is 1. The number of hydrogen-bond acceptors (Lipinski definition) is 4. The number of hydrogen-bond donors (Lipinski definition) is 2. The lowest BCUT2D eigenvalue weighted by Crippen LogP contribution is -2.52. The molecule has 0 spiro atoms. The molecule has 2 unspecified atom stereocenters. The second-order valence-corrected chi connectivity index (χ2v) is 7.43. The second-order valence-electron chi connectivity index (χ2n) is 7.43. The quantitative estimate of drug-likeness (QED) is 0.800. The monoisotopic (exact) mass is 297 g/mol. The summed E-state index contributed by atoms with van der Waals surface area (Å²) in [6, 6.07) is 0.116. The highest BCUT2D eigenvalue weighted by Crippen LogP contribution is 2.41. The van der Waals surface area contributed by atoms with E-state index in [0.29, 0.717) is 25.4 Å². The summed E-state index contributed by atoms with van der Waals surface area (Å²) in [5.41, 5.74) is 5.63. The van der Waals surface area contributed by atoms with Crippen LogP contribution in [0.15, 0.2) is 0 Å². The number of carbonyl (C=O) groups excluding carboxylic acids is 1. The van der Waals surface area contributed by atoms with Crippen LogP contribution < -0.4 is 5.73 Å². The standard InChI is InChI=1S/C16H31N3O2/c1-12-4-6-16(11-17,7-5-12)15(21)19-10-14(20)8-13(19)9-18(2)3/h12-14,20H,4-11,17H2,1-3H3. The van der Waals surface area contributed by atoms with Crippen LogP contribution in [0, 0.1) is 11.3 Å². The number of amides is 1. The third-order valence-corrected chi connectivity index (χ3v) is 5.30. The van der Waals surface area contributed by atoms with E-state index >= 15 is 0 Å². The lowest BCUT2D eigenvalue weighted by Gasteiger charge is -2.41. The minimum absolute atomic E-state index is 0.116. The largest absolute Gasteiger partial charge is 0.391 e. The fourth-order valence-electron chi connectivity index (χ4n) is 3.86. The van der Waals surface area contributed by atoms with E-state index in [-0.39, 0.29) is 17.4 Å². The van der Waals surface area contributed by atoms with Gasteiger partial charge in [-0.2, -0.15) is 0 Å². The highest BCUT2D eigenvalue weighted by atomic mass is 16.3. The second kappa shape index (κ2) is 6.63. The van der Waals surface area contributed by atoms with Gasteiger partial charge in [0, 0.05) is 25.7 Å². The van der Waals surface area contributed by atoms with Gasteiger partial charge in [0.1, 0.15) is 0 Å². The van der Waals surface area contributed by atoms with E-state index in [1.165, 1.54) is 0 Å². The molecule has 0 radical (unpaired) electrons. The van der Waals surface area contributed by atoms with Gasteiger partial charge in [0.2, 0.25) is 5.91 Å². The van der Waals surface area contributed by atoms with Crippen molar-refractivity contribution < 1.29 is 9.90 Å². The van der Waals surface area contributed by atoms with Gasteiger partial charge in [-0.15, -0.1) is 0 Å². The van der Waals surface area contributed by atoms with E-state index in [2.05, 4.69) is 11.8 Å². The Bertz CT molecular complexity index is 365. The minimum Gasteiger partial charge on any atom is -0.391 e. The Hall–Kier alpha value is -0.650. The summed E-state index contributed by atoms with van der Waals surface area (Å²) in [5, 5.41) is 9.99. The van der Waals surface area contributed by atoms with Crippen molar-refractivity contribution >= 4 is 5.91 Å². The average Bonchev–Trinajstić information content (AvgIpc) is 2.79. The predicted octanol–water partition coefficient (Wildman–Crippen LogP) is 0.665. The van der Waals surface area contributed by atoms with Gasteiger partial charge < -0.3 is 20.6 Å². The Labute approximate surface area is 128 Å². The number of rotatable bonds is 4. The van der Waals surface area contributed by atoms with E-state index in [1.807, 2.05) is 19.0 Å². The highest BCUT2D eigenvalue weighted by molar-refractivity contribution is 5.83. The fraction of sp³-hybridized carbons (Fsp3) is 0.938. The molecule has 0 aromatic carbocycles. The van der Waals surface area contributed by atoms with Gasteiger partial charge >= 0.3 is 0 Å². The van der Waals surface area contributed by atoms with Crippen molar-refractivity contribution in [2.24, 2.45) is 17.1 Å². The normalized spacial score (nSPS) is 37.2. The van der Waals surface area contributed by atoms with Crippen molar-refractivity contribution in [1.29, 1.82) is 0 Å². The molecule has 1 heterocycles. The molecule has 0 aromatic heterocycles. The lowest BCUT2D eigenvalue weighted by molar-refractivity contribution is -0.145. The molecule has 2 aliphatic rings. The van der Waals surface area contributed by atoms with Crippen LogP contribution in [-0.2, 0) is 4.79 Å². The number of nitrogens with zero attached hydrogens (tertiary/aromatic N) is 2. The molecule has 122 valence electrons. The van der Waals surface area contributed by atoms with Crippen molar-refractivity contribution in [3.8, 4) is 0 Å². The molecular weight excluding hydrogens is 266 g/mol. The van der Waals surface area contributed by atoms with Crippen LogP contribution in [0.4, 0.5) is 0 Å². The zero-order valence-corrected chi connectivity index (χ0v) is 13.7. The Morgan fingerprint density at radius 1 is 1.38 bits per heavy atom. The molecule has 5 nitrogen and oxygen atoms in total. The topological polar surface area (TPSA) is 69.8 Å². The van der Waals surface area contributed by atoms with E-state index in [9.17, 15) is 9.90 Å². The molecule has 2 fully saturated rings. The average molecular weight is 297 g/mol. The number of nitrogens with two attached hydrogens (primary N) is 1. The first-order valence-corrected chi connectivity index (χ1v) is 8.22. The van der Waals surface area contributed by atoms with Crippen LogP contribution in [0.2, 0.25) is 0 Å². The SMILES string of the molecule is CC1CCC(CN)(C(=O)N2CC(O)CC2CN(C)C)CC1. The summed E-state index contributed by atoms with van der Waals surface area (Å²) < 4.78 is 0. The number of aliphatic hydroxyl groups excluding tert-OH is 1. The van der Waals surface area contributed by atoms with Crippen molar-refractivity contribution in [3.63, 3.8) is 0 Å². The van der Waals surface area contributed by atoms with Crippen LogP contribution in [0.1, 0.15) is 39.0 Å². The third-order valence-electron chi connectivity index (χ3n) is 5.30. The molecule has 2 rings (SSSR count). The van der Waals surface area contributed by atoms with E-state index in [4.69, 9.17) is 5.73 Å². The summed E-state index contributed by atoms with van der Waals surface area (Å²) in [6.07, 6.45) is 4.24. The molecule has 1 aliphatic carbocycles. The first-order valence-electron chi connectivity index (χ1n) is 8.22. The van der Waals surface area contributed by atoms with Gasteiger partial charge in [-0.05, 0) is 52.1 Å². The molecule has 21 heavy (non-hydrogen) atoms. The zero-order chi connectivity index (χ0) is 15.6. The van der Waals surface area contributed by atoms with E-state index in [1.54, 1.807) is 0 Å². The predicted molar refractivity (Wildman–Crippen MR) is 83.8 cm³/mol. The molecule has 3 N–H and O–H groups in total. The molecule has 0 aromatic rings. The summed E-state index contributed by atoms with van der Waals surface area (Å²) in [7, 11) is 4.02. The van der Waals surface area contributed by atoms with E-state index < -0.39 is 6.10 Å². The maximum atomic E-state index is 13.1. The van der Waals surface area contributed by atoms with Gasteiger partial charge in [-0.1, -0.05) is 6.92 Å². The fourth-order valence-corrected chi connectivity index (χ4v) is 3.86. The summed E-state index contributed by atoms with van der Waals surface area (Å²) in [4.78, 5) is 17.1. The number of aliphatic hydroxyl groups is 1. The first kappa shape index (κ1) is 16.7. The molecule has 1 saturated carbocycles. The van der Waals surface area contributed by atoms with Gasteiger partial charge in [0.15, 0.2) is 0 Å². The maximum absolute atomic E-state index is 13.1. The molecule has 5 heteroatoms. The lowest BCUT2D eigenvalue weighted by atomic mass is 9.70. The molecule has 0 bridgehead atoms. The molecular formula is C16H31N3O2. The van der Waals surface area contributed by atoms with Crippen molar-refractivity contribution in [3.05, 3.63) is 0 Å². The zero-order valence-electron chi connectivity index (χ0n) is 13.7. The minimum atomic E-state index is -0.392. The third kappa shape index (κ3) is 3.58. The Morgan fingerprint density at radius 2 is 2.00 bits per heavy atom. The maximum Gasteiger partial charge on any atom is 0.230 e. The Balaban J connectivity index is 2.12. The summed E-state index contributed by atoms with van der Waals surface area (Å²) in [5.74, 6) is 0.875. The summed E-state index contributed by atoms with van der Waals surface area (Å²) >= 11 is 0. The smallest absolute Gasteiger partial charge is 0.230 e. The number of likely N-dealkylation sites (tertiary alicyclic amines) is 1. The Kier molecular flexibility index (Phi) is 5.28. The number of β-amino-alcohol motifs (C(OH)–C–C–N with tert-alkyl or cyclic N) is 1. The van der Waals surface area contributed by atoms with Crippen LogP contribution in [0.25, 0.3) is 0 Å². The first-order chi connectivity index (χ1) is 9.88. The van der Waals surface area contributed by atoms with Crippen LogP contribution in [0.5, 0.6) is 0 Å². The van der Waals surface area contributed by atoms with E-state index in [0.717, 1.165) is 32.2 Å². The molecule has 1 saturated heterocycles. The summed E-state index contributed by atoms with van der Waals surface area (Å²) in [6.45, 7) is 3.95. The van der Waals surface area contributed by atoms with Crippen molar-refractivity contribution in [2.45, 2.75) is 51.2 Å². The van der Waals surface area contributed by atoms with Crippen LogP contribution in [0.3, 0.4) is 0 Å². The molecule has 1 amide bonds. The van der Waals surface area contributed by atoms with Gasteiger partial charge in [0.05, 0.1) is 11.5 Å². The van der Waals surface area contributed by atoms with Gasteiger partial charge in [-0.3, -0.25) is 4.79 Å². The highest BCUT2D eigenvalue weighted by Gasteiger charge is 2.46. The Morgan fingerprint density at radius 3 is 2.52 bits per heavy atom. The number of carbonyl (C=O) groups is 1. The van der Waals surface area contributed by atoms with Gasteiger partial charge in [0.25, 0.3) is 0 Å². The molecule has 1 aliphatic heterocycles. The van der Waals surface area contributed by atoms with Crippen LogP contribution >= 0.6 is 0 Å². The van der Waals surface area contributed by atoms with Gasteiger partial charge in [-0.25, -0.2) is 0 Å². The molecule has 2 atom stereocenters. The van der Waals surface area contributed by atoms with Crippen molar-refractivity contribution in [1.82, 2.24) is 9.80 Å².